The lowest BCUT2D eigenvalue weighted by Crippen LogP contribution is -2.32. The summed E-state index contributed by atoms with van der Waals surface area (Å²) in [6.07, 6.45) is 0.0250. The number of carbonyl (C=O) groups excluding carboxylic acids is 1. The Morgan fingerprint density at radius 2 is 1.57 bits per heavy atom. The molecule has 2 N–H and O–H groups in total. The summed E-state index contributed by atoms with van der Waals surface area (Å²) in [6.45, 7) is 2.96. The van der Waals surface area contributed by atoms with Crippen LogP contribution < -0.4 is 19.5 Å². The highest BCUT2D eigenvalue weighted by Crippen LogP contribution is 2.16. The molecular formula is C19H23ClN2O5S. The minimum absolute atomic E-state index is 0.000576. The number of carbonyl (C=O) groups is 1. The van der Waals surface area contributed by atoms with Crippen LogP contribution in [0.25, 0.3) is 0 Å². The van der Waals surface area contributed by atoms with E-state index in [0.717, 1.165) is 0 Å². The maximum Gasteiger partial charge on any atom is 0.240 e. The zero-order valence-corrected chi connectivity index (χ0v) is 17.1. The van der Waals surface area contributed by atoms with Gasteiger partial charge in [-0.25, -0.2) is 13.1 Å². The quantitative estimate of drug-likeness (QED) is 0.539. The molecule has 2 aromatic carbocycles. The van der Waals surface area contributed by atoms with Crippen molar-refractivity contribution in [2.24, 2.45) is 0 Å². The van der Waals surface area contributed by atoms with Gasteiger partial charge in [-0.05, 0) is 55.5 Å². The second-order valence-electron chi connectivity index (χ2n) is 5.70. The average Bonchev–Trinajstić information content (AvgIpc) is 2.67. The van der Waals surface area contributed by atoms with E-state index in [2.05, 4.69) is 10.0 Å². The van der Waals surface area contributed by atoms with E-state index < -0.39 is 10.0 Å². The van der Waals surface area contributed by atoms with Crippen molar-refractivity contribution >= 4 is 27.5 Å². The molecule has 0 aromatic heterocycles. The van der Waals surface area contributed by atoms with Gasteiger partial charge >= 0.3 is 0 Å². The van der Waals surface area contributed by atoms with Gasteiger partial charge in [-0.1, -0.05) is 11.6 Å². The van der Waals surface area contributed by atoms with Crippen molar-refractivity contribution in [1.82, 2.24) is 10.0 Å². The number of nitrogens with one attached hydrogen (secondary N) is 2. The van der Waals surface area contributed by atoms with Crippen LogP contribution in [0.5, 0.6) is 11.5 Å². The van der Waals surface area contributed by atoms with Crippen molar-refractivity contribution in [2.75, 3.05) is 26.3 Å². The fourth-order valence-corrected chi connectivity index (χ4v) is 3.40. The first-order chi connectivity index (χ1) is 13.4. The Labute approximate surface area is 170 Å². The summed E-state index contributed by atoms with van der Waals surface area (Å²) in [7, 11) is -3.67. The molecule has 152 valence electrons. The van der Waals surface area contributed by atoms with E-state index in [4.69, 9.17) is 21.1 Å². The lowest BCUT2D eigenvalue weighted by molar-refractivity contribution is -0.121. The van der Waals surface area contributed by atoms with Gasteiger partial charge in [0.15, 0.2) is 0 Å². The summed E-state index contributed by atoms with van der Waals surface area (Å²) < 4.78 is 37.6. The van der Waals surface area contributed by atoms with E-state index >= 15 is 0 Å². The molecular weight excluding hydrogens is 404 g/mol. The molecule has 0 heterocycles. The maximum atomic E-state index is 12.2. The third-order valence-corrected chi connectivity index (χ3v) is 5.32. The molecule has 0 fully saturated rings. The molecule has 1 amide bonds. The lowest BCUT2D eigenvalue weighted by Gasteiger charge is -2.09. The monoisotopic (exact) mass is 426 g/mol. The molecule has 9 heteroatoms. The van der Waals surface area contributed by atoms with E-state index in [-0.39, 0.29) is 23.8 Å². The highest BCUT2D eigenvalue weighted by Gasteiger charge is 2.14. The smallest absolute Gasteiger partial charge is 0.240 e. The van der Waals surface area contributed by atoms with E-state index in [0.29, 0.717) is 36.3 Å². The van der Waals surface area contributed by atoms with Crippen LogP contribution in [0.1, 0.15) is 13.3 Å². The summed E-state index contributed by atoms with van der Waals surface area (Å²) in [5.74, 6) is 0.984. The number of hydrogen-bond donors (Lipinski definition) is 2. The van der Waals surface area contributed by atoms with Gasteiger partial charge in [-0.15, -0.1) is 0 Å². The molecule has 0 radical (unpaired) electrons. The second kappa shape index (κ2) is 10.9. The van der Waals surface area contributed by atoms with E-state index in [1.807, 2.05) is 6.92 Å². The van der Waals surface area contributed by atoms with Gasteiger partial charge in [0, 0.05) is 18.0 Å². The molecule has 0 unspecified atom stereocenters. The molecule has 28 heavy (non-hydrogen) atoms. The Bertz CT molecular complexity index is 855. The van der Waals surface area contributed by atoms with Crippen LogP contribution in [-0.2, 0) is 14.8 Å². The van der Waals surface area contributed by atoms with Crippen molar-refractivity contribution in [2.45, 2.75) is 18.2 Å². The zero-order valence-electron chi connectivity index (χ0n) is 15.5. The van der Waals surface area contributed by atoms with Gasteiger partial charge in [0.2, 0.25) is 15.9 Å². The van der Waals surface area contributed by atoms with Gasteiger partial charge in [0.25, 0.3) is 0 Å². The molecule has 0 saturated carbocycles. The number of benzene rings is 2. The number of rotatable bonds is 11. The Kier molecular flexibility index (Phi) is 8.56. The second-order valence-corrected chi connectivity index (χ2v) is 7.91. The van der Waals surface area contributed by atoms with Crippen molar-refractivity contribution in [3.8, 4) is 11.5 Å². The minimum atomic E-state index is -3.67. The summed E-state index contributed by atoms with van der Waals surface area (Å²) in [6, 6.07) is 13.0. The van der Waals surface area contributed by atoms with Crippen LogP contribution >= 0.6 is 11.6 Å². The number of halogens is 1. The van der Waals surface area contributed by atoms with E-state index in [9.17, 15) is 13.2 Å². The molecule has 0 aliphatic rings. The Hall–Kier alpha value is -2.29. The predicted octanol–water partition coefficient (Wildman–Crippen LogP) is 2.60. The summed E-state index contributed by atoms with van der Waals surface area (Å²) in [4.78, 5) is 11.9. The van der Waals surface area contributed by atoms with Crippen LogP contribution in [0.2, 0.25) is 5.02 Å². The first-order valence-corrected chi connectivity index (χ1v) is 10.6. The predicted molar refractivity (Wildman–Crippen MR) is 107 cm³/mol. The van der Waals surface area contributed by atoms with Crippen molar-refractivity contribution in [3.05, 3.63) is 53.6 Å². The lowest BCUT2D eigenvalue weighted by atomic mass is 10.3. The minimum Gasteiger partial charge on any atom is -0.494 e. The molecule has 0 saturated heterocycles. The number of amides is 1. The standard InChI is InChI=1S/C19H23ClN2O5S/c1-2-26-16-7-9-18(10-8-16)28(24,25)22-12-11-19(23)21-13-14-27-17-5-3-15(20)4-6-17/h3-10,22H,2,11-14H2,1H3,(H,21,23). The van der Waals surface area contributed by atoms with E-state index in [1.165, 1.54) is 12.1 Å². The Balaban J connectivity index is 1.67. The number of ether oxygens (including phenoxy) is 2. The fraction of sp³-hybridized carbons (Fsp3) is 0.316. The van der Waals surface area contributed by atoms with Gasteiger partial charge < -0.3 is 14.8 Å². The molecule has 2 rings (SSSR count). The number of sulfonamides is 1. The van der Waals surface area contributed by atoms with Crippen molar-refractivity contribution in [3.63, 3.8) is 0 Å². The van der Waals surface area contributed by atoms with Crippen LogP contribution in [0.15, 0.2) is 53.4 Å². The van der Waals surface area contributed by atoms with Crippen LogP contribution in [0, 0.1) is 0 Å². The molecule has 0 atom stereocenters. The molecule has 0 bridgehead atoms. The van der Waals surface area contributed by atoms with Crippen molar-refractivity contribution < 1.29 is 22.7 Å². The summed E-state index contributed by atoms with van der Waals surface area (Å²) in [5, 5.41) is 3.29. The summed E-state index contributed by atoms with van der Waals surface area (Å²) in [5.41, 5.74) is 0. The maximum absolute atomic E-state index is 12.2. The van der Waals surface area contributed by atoms with Gasteiger partial charge in [-0.3, -0.25) is 4.79 Å². The molecule has 0 aliphatic carbocycles. The third-order valence-electron chi connectivity index (χ3n) is 3.60. The van der Waals surface area contributed by atoms with Crippen molar-refractivity contribution in [1.29, 1.82) is 0 Å². The zero-order chi connectivity index (χ0) is 20.4. The fourth-order valence-electron chi connectivity index (χ4n) is 2.24. The highest BCUT2D eigenvalue weighted by atomic mass is 35.5. The molecule has 7 nitrogen and oxygen atoms in total. The Morgan fingerprint density at radius 3 is 2.21 bits per heavy atom. The first-order valence-electron chi connectivity index (χ1n) is 8.78. The molecule has 0 aliphatic heterocycles. The number of hydrogen-bond acceptors (Lipinski definition) is 5. The van der Waals surface area contributed by atoms with Crippen LogP contribution in [0.4, 0.5) is 0 Å². The molecule has 2 aromatic rings. The Morgan fingerprint density at radius 1 is 0.964 bits per heavy atom. The average molecular weight is 427 g/mol. The van der Waals surface area contributed by atoms with Crippen LogP contribution in [-0.4, -0.2) is 40.6 Å². The normalized spacial score (nSPS) is 11.1. The van der Waals surface area contributed by atoms with Crippen LogP contribution in [0.3, 0.4) is 0 Å². The molecule has 0 spiro atoms. The SMILES string of the molecule is CCOc1ccc(S(=O)(=O)NCCC(=O)NCCOc2ccc(Cl)cc2)cc1. The van der Waals surface area contributed by atoms with Gasteiger partial charge in [0.1, 0.15) is 18.1 Å². The summed E-state index contributed by atoms with van der Waals surface area (Å²) >= 11 is 5.79. The third kappa shape index (κ3) is 7.38. The first kappa shape index (κ1) is 22.0. The highest BCUT2D eigenvalue weighted by molar-refractivity contribution is 7.89. The van der Waals surface area contributed by atoms with Gasteiger partial charge in [0.05, 0.1) is 18.0 Å². The topological polar surface area (TPSA) is 93.7 Å². The van der Waals surface area contributed by atoms with E-state index in [1.54, 1.807) is 36.4 Å². The van der Waals surface area contributed by atoms with Gasteiger partial charge in [-0.2, -0.15) is 0 Å². The largest absolute Gasteiger partial charge is 0.494 e.